The van der Waals surface area contributed by atoms with E-state index < -0.39 is 5.41 Å². The summed E-state index contributed by atoms with van der Waals surface area (Å²) in [5, 5.41) is 9.82. The first-order valence-corrected chi connectivity index (χ1v) is 10.8. The summed E-state index contributed by atoms with van der Waals surface area (Å²) >= 11 is 0. The Hall–Kier alpha value is -3.78. The minimum absolute atomic E-state index is 0.00905. The molecule has 0 amide bonds. The largest absolute Gasteiger partial charge is 0.481 e. The number of methoxy groups -OCH3 is 1. The molecule has 0 aliphatic heterocycles. The summed E-state index contributed by atoms with van der Waals surface area (Å²) in [4.78, 5) is 22.8. The van der Waals surface area contributed by atoms with E-state index in [1.807, 2.05) is 61.5 Å². The number of aromatic nitrogens is 2. The van der Waals surface area contributed by atoms with Gasteiger partial charge >= 0.3 is 0 Å². The first kappa shape index (κ1) is 20.1. The van der Waals surface area contributed by atoms with Crippen molar-refractivity contribution in [2.45, 2.75) is 25.2 Å². The van der Waals surface area contributed by atoms with Crippen LogP contribution in [0, 0.1) is 23.2 Å². The molecule has 2 unspecified atom stereocenters. The summed E-state index contributed by atoms with van der Waals surface area (Å²) in [5.41, 5.74) is 3.19. The summed E-state index contributed by atoms with van der Waals surface area (Å²) in [6.07, 6.45) is 3.36. The van der Waals surface area contributed by atoms with Crippen LogP contribution >= 0.6 is 0 Å². The smallest absolute Gasteiger partial charge is 0.220 e. The molecule has 2 aromatic carbocycles. The van der Waals surface area contributed by atoms with E-state index in [2.05, 4.69) is 18.2 Å². The van der Waals surface area contributed by atoms with Gasteiger partial charge in [-0.25, -0.2) is 4.98 Å². The maximum Gasteiger partial charge on any atom is 0.220 e. The summed E-state index contributed by atoms with van der Waals surface area (Å²) in [7, 11) is 1.63. The average Bonchev–Trinajstić information content (AvgIpc) is 2.86. The molecule has 0 saturated carbocycles. The molecule has 3 aromatic rings. The van der Waals surface area contributed by atoms with Crippen molar-refractivity contribution in [2.24, 2.45) is 11.8 Å². The third kappa shape index (κ3) is 2.87. The van der Waals surface area contributed by atoms with Gasteiger partial charge in [0.05, 0.1) is 23.8 Å². The summed E-state index contributed by atoms with van der Waals surface area (Å²) in [6, 6.07) is 22.0. The number of ether oxygens (including phenoxy) is 1. The molecule has 2 aliphatic carbocycles. The molecule has 1 heterocycles. The van der Waals surface area contributed by atoms with Crippen molar-refractivity contribution in [1.82, 2.24) is 9.97 Å². The third-order valence-electron chi connectivity index (χ3n) is 6.90. The van der Waals surface area contributed by atoms with Crippen LogP contribution < -0.4 is 4.74 Å². The second-order valence-corrected chi connectivity index (χ2v) is 8.45. The highest BCUT2D eigenvalue weighted by atomic mass is 16.5. The van der Waals surface area contributed by atoms with Crippen molar-refractivity contribution in [2.75, 3.05) is 7.11 Å². The molecule has 5 nitrogen and oxygen atoms in total. The van der Waals surface area contributed by atoms with Gasteiger partial charge < -0.3 is 4.74 Å². The summed E-state index contributed by atoms with van der Waals surface area (Å²) in [6.45, 7) is 1.94. The second-order valence-electron chi connectivity index (χ2n) is 8.45. The van der Waals surface area contributed by atoms with Gasteiger partial charge in [-0.15, -0.1) is 0 Å². The van der Waals surface area contributed by atoms with Crippen LogP contribution in [0.5, 0.6) is 5.88 Å². The number of hydrogen-bond acceptors (Lipinski definition) is 5. The van der Waals surface area contributed by atoms with E-state index in [0.717, 1.165) is 35.2 Å². The van der Waals surface area contributed by atoms with Crippen LogP contribution in [0.15, 0.2) is 72.3 Å². The molecule has 158 valence electrons. The number of Topliss-reactive ketones (excluding diaryl/α,β-unsaturated/α-hetero) is 1. The Morgan fingerprint density at radius 3 is 2.41 bits per heavy atom. The predicted octanol–water partition coefficient (Wildman–Crippen LogP) is 4.67. The standard InChI is InChI=1S/C27H23N3O2/c1-17-22-14-13-21-24(29-25(30-26(21)32-2)18-9-5-3-6-10-18)27(22,15-19(16-28)23(17)31)20-11-7-4-8-12-20/h3-12,15,17,22H,13-14H2,1-2H3/t17-,22?,27?/m0/s1. The number of rotatable bonds is 3. The highest BCUT2D eigenvalue weighted by molar-refractivity contribution is 6.02. The lowest BCUT2D eigenvalue weighted by atomic mass is 9.54. The van der Waals surface area contributed by atoms with Gasteiger partial charge in [0, 0.05) is 17.0 Å². The van der Waals surface area contributed by atoms with Crippen molar-refractivity contribution in [3.63, 3.8) is 0 Å². The number of carbonyl (C=O) groups excluding carboxylic acids is 1. The summed E-state index contributed by atoms with van der Waals surface area (Å²) in [5.74, 6) is 0.749. The molecule has 5 rings (SSSR count). The Labute approximate surface area is 187 Å². The molecule has 0 saturated heterocycles. The van der Waals surface area contributed by atoms with Crippen LogP contribution in [0.25, 0.3) is 11.4 Å². The number of ketones is 1. The molecule has 0 radical (unpaired) electrons. The lowest BCUT2D eigenvalue weighted by Crippen LogP contribution is -2.48. The first-order chi connectivity index (χ1) is 15.6. The fourth-order valence-electron chi connectivity index (χ4n) is 5.40. The van der Waals surface area contributed by atoms with Gasteiger partial charge in [0.15, 0.2) is 11.6 Å². The van der Waals surface area contributed by atoms with Crippen molar-refractivity contribution in [3.05, 3.63) is 89.1 Å². The third-order valence-corrected chi connectivity index (χ3v) is 6.90. The van der Waals surface area contributed by atoms with E-state index in [1.54, 1.807) is 7.11 Å². The van der Waals surface area contributed by atoms with Crippen molar-refractivity contribution < 1.29 is 9.53 Å². The van der Waals surface area contributed by atoms with E-state index in [1.165, 1.54) is 0 Å². The van der Waals surface area contributed by atoms with Gasteiger partial charge in [-0.2, -0.15) is 10.2 Å². The molecule has 0 N–H and O–H groups in total. The van der Waals surface area contributed by atoms with Crippen LogP contribution in [0.1, 0.15) is 30.2 Å². The average molecular weight is 422 g/mol. The number of nitrogens with zero attached hydrogens (tertiary/aromatic N) is 3. The molecule has 5 heteroatoms. The number of allylic oxidation sites excluding steroid dienone is 2. The first-order valence-electron chi connectivity index (χ1n) is 10.8. The van der Waals surface area contributed by atoms with E-state index in [9.17, 15) is 10.1 Å². The van der Waals surface area contributed by atoms with Crippen LogP contribution in [0.3, 0.4) is 0 Å². The number of fused-ring (bicyclic) bond motifs is 3. The van der Waals surface area contributed by atoms with E-state index in [-0.39, 0.29) is 23.2 Å². The normalized spacial score (nSPS) is 24.0. The Morgan fingerprint density at radius 1 is 1.06 bits per heavy atom. The monoisotopic (exact) mass is 421 g/mol. The van der Waals surface area contributed by atoms with E-state index in [4.69, 9.17) is 14.7 Å². The molecule has 2 aliphatic rings. The lowest BCUT2D eigenvalue weighted by Gasteiger charge is -2.48. The topological polar surface area (TPSA) is 75.9 Å². The maximum absolute atomic E-state index is 13.0. The van der Waals surface area contributed by atoms with Gasteiger partial charge in [0.1, 0.15) is 6.07 Å². The van der Waals surface area contributed by atoms with Gasteiger partial charge in [-0.05, 0) is 30.4 Å². The number of carbonyl (C=O) groups is 1. The lowest BCUT2D eigenvalue weighted by molar-refractivity contribution is -0.121. The Kier molecular flexibility index (Phi) is 4.86. The molecule has 0 spiro atoms. The number of hydrogen-bond donors (Lipinski definition) is 0. The van der Waals surface area contributed by atoms with E-state index in [0.29, 0.717) is 11.7 Å². The number of nitriles is 1. The van der Waals surface area contributed by atoms with Crippen molar-refractivity contribution in [1.29, 1.82) is 5.26 Å². The minimum atomic E-state index is -0.701. The minimum Gasteiger partial charge on any atom is -0.481 e. The van der Waals surface area contributed by atoms with Crippen molar-refractivity contribution >= 4 is 5.78 Å². The Balaban J connectivity index is 1.88. The van der Waals surface area contributed by atoms with Crippen LogP contribution in [0.4, 0.5) is 0 Å². The number of benzene rings is 2. The molecule has 0 fully saturated rings. The fraction of sp³-hybridized carbons (Fsp3) is 0.259. The second kappa shape index (κ2) is 7.72. The Morgan fingerprint density at radius 2 is 1.75 bits per heavy atom. The fourth-order valence-corrected chi connectivity index (χ4v) is 5.40. The van der Waals surface area contributed by atoms with Gasteiger partial charge in [0.2, 0.25) is 5.88 Å². The SMILES string of the molecule is COc1nc(-c2ccccc2)nc2c1CCC1[C@H](C)C(=O)C(C#N)=CC21c1ccccc1. The Bertz CT molecular complexity index is 1260. The molecular formula is C27H23N3O2. The molecule has 32 heavy (non-hydrogen) atoms. The van der Waals surface area contributed by atoms with Gasteiger partial charge in [-0.3, -0.25) is 4.79 Å². The highest BCUT2D eigenvalue weighted by Crippen LogP contribution is 2.54. The van der Waals surface area contributed by atoms with Crippen LogP contribution in [0.2, 0.25) is 0 Å². The molecule has 1 aromatic heterocycles. The van der Waals surface area contributed by atoms with E-state index >= 15 is 0 Å². The summed E-state index contributed by atoms with van der Waals surface area (Å²) < 4.78 is 5.73. The zero-order valence-corrected chi connectivity index (χ0v) is 18.1. The van der Waals surface area contributed by atoms with Crippen LogP contribution in [-0.2, 0) is 16.6 Å². The van der Waals surface area contributed by atoms with Gasteiger partial charge in [-0.1, -0.05) is 67.6 Å². The molecule has 0 bridgehead atoms. The van der Waals surface area contributed by atoms with Crippen molar-refractivity contribution in [3.8, 4) is 23.3 Å². The zero-order valence-electron chi connectivity index (χ0n) is 18.1. The highest BCUT2D eigenvalue weighted by Gasteiger charge is 2.53. The maximum atomic E-state index is 13.0. The quantitative estimate of drug-likeness (QED) is 0.614. The van der Waals surface area contributed by atoms with Gasteiger partial charge in [0.25, 0.3) is 0 Å². The molecule has 3 atom stereocenters. The molecular weight excluding hydrogens is 398 g/mol. The predicted molar refractivity (Wildman–Crippen MR) is 121 cm³/mol. The van der Waals surface area contributed by atoms with Crippen LogP contribution in [-0.4, -0.2) is 22.9 Å². The zero-order chi connectivity index (χ0) is 22.3.